The number of anilines is 1. The van der Waals surface area contributed by atoms with Crippen LogP contribution >= 0.6 is 0 Å². The lowest BCUT2D eigenvalue weighted by atomic mass is 10.3. The molecule has 74 valence electrons. The Bertz CT molecular complexity index is 506. The van der Waals surface area contributed by atoms with Crippen molar-refractivity contribution in [2.45, 2.75) is 4.90 Å². The standard InChI is InChI=1S/C7H5FN2O3S/c8-5-1-2-6(9)7(3-5)14(12,13)10-4-11/h1-3H,9H2. The summed E-state index contributed by atoms with van der Waals surface area (Å²) in [5, 5.41) is 0. The number of sulfonamides is 1. The van der Waals surface area contributed by atoms with Crippen LogP contribution in [0.1, 0.15) is 0 Å². The van der Waals surface area contributed by atoms with Crippen LogP contribution in [0.15, 0.2) is 27.5 Å². The Morgan fingerprint density at radius 2 is 2.07 bits per heavy atom. The quantitative estimate of drug-likeness (QED) is 0.441. The van der Waals surface area contributed by atoms with Crippen LogP contribution in [0.4, 0.5) is 10.1 Å². The first-order valence-electron chi connectivity index (χ1n) is 3.36. The molecule has 0 atom stereocenters. The van der Waals surface area contributed by atoms with Crippen molar-refractivity contribution in [2.75, 3.05) is 5.73 Å². The number of isocyanates is 1. The third kappa shape index (κ3) is 1.95. The van der Waals surface area contributed by atoms with Crippen molar-refractivity contribution in [3.63, 3.8) is 0 Å². The lowest BCUT2D eigenvalue weighted by Gasteiger charge is -2.00. The zero-order chi connectivity index (χ0) is 10.8. The molecule has 0 saturated heterocycles. The summed E-state index contributed by atoms with van der Waals surface area (Å²) in [6.07, 6.45) is 0.862. The first-order valence-corrected chi connectivity index (χ1v) is 4.80. The van der Waals surface area contributed by atoms with Crippen LogP contribution in [-0.4, -0.2) is 14.5 Å². The molecule has 0 aliphatic carbocycles. The van der Waals surface area contributed by atoms with Gasteiger partial charge in [0.15, 0.2) is 0 Å². The number of nitrogen functional groups attached to an aromatic ring is 1. The molecule has 2 N–H and O–H groups in total. The molecule has 0 spiro atoms. The van der Waals surface area contributed by atoms with Crippen molar-refractivity contribution >= 4 is 21.8 Å². The van der Waals surface area contributed by atoms with Gasteiger partial charge in [-0.2, -0.15) is 8.42 Å². The number of rotatable bonds is 2. The second-order valence-electron chi connectivity index (χ2n) is 2.34. The van der Waals surface area contributed by atoms with E-state index < -0.39 is 20.7 Å². The number of hydrogen-bond donors (Lipinski definition) is 1. The number of hydrogen-bond acceptors (Lipinski definition) is 4. The van der Waals surface area contributed by atoms with Crippen molar-refractivity contribution in [3.8, 4) is 0 Å². The molecule has 1 aromatic rings. The van der Waals surface area contributed by atoms with Crippen molar-refractivity contribution in [1.82, 2.24) is 0 Å². The van der Waals surface area contributed by atoms with E-state index in [9.17, 15) is 17.6 Å². The van der Waals surface area contributed by atoms with Gasteiger partial charge in [-0.25, -0.2) is 9.18 Å². The molecule has 14 heavy (non-hydrogen) atoms. The molecule has 0 amide bonds. The average Bonchev–Trinajstić information content (AvgIpc) is 2.09. The van der Waals surface area contributed by atoms with Gasteiger partial charge in [0.1, 0.15) is 10.7 Å². The second kappa shape index (κ2) is 3.57. The van der Waals surface area contributed by atoms with Crippen molar-refractivity contribution < 1.29 is 17.6 Å². The lowest BCUT2D eigenvalue weighted by Crippen LogP contribution is -2.02. The molecular weight excluding hydrogens is 211 g/mol. The highest BCUT2D eigenvalue weighted by molar-refractivity contribution is 7.90. The van der Waals surface area contributed by atoms with Crippen molar-refractivity contribution in [2.24, 2.45) is 4.40 Å². The first kappa shape index (κ1) is 10.4. The fourth-order valence-electron chi connectivity index (χ4n) is 0.830. The Labute approximate surface area is 79.1 Å². The minimum absolute atomic E-state index is 0.176. The predicted octanol–water partition coefficient (Wildman–Crippen LogP) is 0.432. The predicted molar refractivity (Wildman–Crippen MR) is 46.1 cm³/mol. The number of halogens is 1. The van der Waals surface area contributed by atoms with E-state index in [1.165, 1.54) is 0 Å². The van der Waals surface area contributed by atoms with Crippen LogP contribution in [0.2, 0.25) is 0 Å². The molecule has 0 radical (unpaired) electrons. The summed E-state index contributed by atoms with van der Waals surface area (Å²) >= 11 is 0. The topological polar surface area (TPSA) is 89.6 Å². The molecule has 7 heteroatoms. The Morgan fingerprint density at radius 3 is 2.64 bits per heavy atom. The molecule has 0 aromatic heterocycles. The van der Waals surface area contributed by atoms with Gasteiger partial charge < -0.3 is 5.73 Å². The molecule has 0 heterocycles. The monoisotopic (exact) mass is 216 g/mol. The summed E-state index contributed by atoms with van der Waals surface area (Å²) in [6.45, 7) is 0. The highest BCUT2D eigenvalue weighted by atomic mass is 32.2. The molecule has 0 unspecified atom stereocenters. The Hall–Kier alpha value is -1.72. The van der Waals surface area contributed by atoms with Gasteiger partial charge in [-0.3, -0.25) is 0 Å². The van der Waals surface area contributed by atoms with Crippen LogP contribution in [0.3, 0.4) is 0 Å². The zero-order valence-corrected chi connectivity index (χ0v) is 7.58. The van der Waals surface area contributed by atoms with Crippen molar-refractivity contribution in [1.29, 1.82) is 0 Å². The summed E-state index contributed by atoms with van der Waals surface area (Å²) < 4.78 is 37.5. The van der Waals surface area contributed by atoms with E-state index in [2.05, 4.69) is 4.40 Å². The highest BCUT2D eigenvalue weighted by Gasteiger charge is 2.16. The third-order valence-electron chi connectivity index (χ3n) is 1.41. The van der Waals surface area contributed by atoms with Gasteiger partial charge in [-0.15, -0.1) is 0 Å². The molecule has 0 bridgehead atoms. The van der Waals surface area contributed by atoms with Gasteiger partial charge in [-0.1, -0.05) is 4.40 Å². The first-order chi connectivity index (χ1) is 6.47. The minimum atomic E-state index is -4.23. The molecule has 0 saturated carbocycles. The molecular formula is C7H5FN2O3S. The summed E-state index contributed by atoms with van der Waals surface area (Å²) in [5.41, 5.74) is 5.09. The number of carbonyl (C=O) groups excluding carboxylic acids is 1. The Kier molecular flexibility index (Phi) is 2.64. The third-order valence-corrected chi connectivity index (χ3v) is 2.64. The molecule has 0 aliphatic rings. The number of benzene rings is 1. The Balaban J connectivity index is 3.46. The maximum Gasteiger partial charge on any atom is 0.294 e. The van der Waals surface area contributed by atoms with Crippen molar-refractivity contribution in [3.05, 3.63) is 24.0 Å². The van der Waals surface area contributed by atoms with Gasteiger partial charge >= 0.3 is 0 Å². The fourth-order valence-corrected chi connectivity index (χ4v) is 1.65. The van der Waals surface area contributed by atoms with Gasteiger partial charge in [0.05, 0.1) is 5.69 Å². The Morgan fingerprint density at radius 1 is 1.43 bits per heavy atom. The highest BCUT2D eigenvalue weighted by Crippen LogP contribution is 2.20. The number of nitrogens with two attached hydrogens (primary N) is 1. The fraction of sp³-hybridized carbons (Fsp3) is 0. The van der Waals surface area contributed by atoms with E-state index in [0.29, 0.717) is 6.07 Å². The summed E-state index contributed by atoms with van der Waals surface area (Å²) in [7, 11) is -4.23. The SMILES string of the molecule is Nc1ccc(F)cc1S(=O)(=O)N=C=O. The van der Waals surface area contributed by atoms with E-state index in [-0.39, 0.29) is 5.69 Å². The van der Waals surface area contributed by atoms with Crippen LogP contribution in [0.5, 0.6) is 0 Å². The largest absolute Gasteiger partial charge is 0.398 e. The van der Waals surface area contributed by atoms with Crippen LogP contribution in [0, 0.1) is 5.82 Å². The van der Waals surface area contributed by atoms with Crippen LogP contribution in [-0.2, 0) is 14.8 Å². The van der Waals surface area contributed by atoms with E-state index in [1.807, 2.05) is 0 Å². The normalized spacial score (nSPS) is 10.6. The number of nitrogens with zero attached hydrogens (tertiary/aromatic N) is 1. The van der Waals surface area contributed by atoms with Crippen LogP contribution < -0.4 is 5.73 Å². The van der Waals surface area contributed by atoms with Gasteiger partial charge in [0.25, 0.3) is 16.1 Å². The molecule has 1 aromatic carbocycles. The minimum Gasteiger partial charge on any atom is -0.398 e. The van der Waals surface area contributed by atoms with E-state index in [1.54, 1.807) is 0 Å². The van der Waals surface area contributed by atoms with E-state index in [4.69, 9.17) is 5.73 Å². The zero-order valence-electron chi connectivity index (χ0n) is 6.77. The van der Waals surface area contributed by atoms with Gasteiger partial charge in [0, 0.05) is 0 Å². The average molecular weight is 216 g/mol. The van der Waals surface area contributed by atoms with Gasteiger partial charge in [0.2, 0.25) is 0 Å². The molecule has 1 rings (SSSR count). The van der Waals surface area contributed by atoms with E-state index in [0.717, 1.165) is 18.2 Å². The summed E-state index contributed by atoms with van der Waals surface area (Å²) in [6, 6.07) is 2.76. The van der Waals surface area contributed by atoms with E-state index >= 15 is 0 Å². The smallest absolute Gasteiger partial charge is 0.294 e. The molecule has 0 aliphatic heterocycles. The van der Waals surface area contributed by atoms with Crippen LogP contribution in [0.25, 0.3) is 0 Å². The lowest BCUT2D eigenvalue weighted by molar-refractivity contribution is 0.563. The maximum atomic E-state index is 12.7. The second-order valence-corrected chi connectivity index (χ2v) is 3.91. The molecule has 5 nitrogen and oxygen atoms in total. The maximum absolute atomic E-state index is 12.7. The summed E-state index contributed by atoms with van der Waals surface area (Å²) in [4.78, 5) is 9.24. The van der Waals surface area contributed by atoms with Gasteiger partial charge in [-0.05, 0) is 18.2 Å². The summed E-state index contributed by atoms with van der Waals surface area (Å²) in [5.74, 6) is -0.779. The molecule has 0 fully saturated rings.